The number of nitrogens with two attached hydrogens (primary N) is 1. The van der Waals surface area contributed by atoms with Gasteiger partial charge in [0.25, 0.3) is 0 Å². The standard InChI is InChI=1S/C12H13NO5/c13-9(12(16)17)6-11(15)18-7-10(14)8-4-2-1-3-5-8/h1-5,9H,6-7,13H2,(H,16,17)/p-1/t9-/m0/s1. The monoisotopic (exact) mass is 250 g/mol. The Hall–Kier alpha value is -2.21. The molecule has 6 nitrogen and oxygen atoms in total. The molecular weight excluding hydrogens is 238 g/mol. The van der Waals surface area contributed by atoms with Crippen molar-refractivity contribution in [1.82, 2.24) is 0 Å². The highest BCUT2D eigenvalue weighted by Crippen LogP contribution is 2.01. The van der Waals surface area contributed by atoms with Crippen molar-refractivity contribution in [3.63, 3.8) is 0 Å². The molecule has 0 saturated carbocycles. The van der Waals surface area contributed by atoms with Gasteiger partial charge in [0.2, 0.25) is 0 Å². The van der Waals surface area contributed by atoms with Crippen molar-refractivity contribution < 1.29 is 24.2 Å². The molecule has 0 bridgehead atoms. The molecule has 0 aliphatic heterocycles. The summed E-state index contributed by atoms with van der Waals surface area (Å²) in [4.78, 5) is 33.0. The number of ketones is 1. The number of hydrogen-bond donors (Lipinski definition) is 1. The van der Waals surface area contributed by atoms with E-state index >= 15 is 0 Å². The van der Waals surface area contributed by atoms with Crippen LogP contribution in [0.3, 0.4) is 0 Å². The van der Waals surface area contributed by atoms with Gasteiger partial charge in [-0.15, -0.1) is 0 Å². The van der Waals surface area contributed by atoms with E-state index in [1.165, 1.54) is 0 Å². The first-order chi connectivity index (χ1) is 8.50. The zero-order valence-electron chi connectivity index (χ0n) is 9.50. The summed E-state index contributed by atoms with van der Waals surface area (Å²) >= 11 is 0. The number of esters is 1. The maximum Gasteiger partial charge on any atom is 0.308 e. The van der Waals surface area contributed by atoms with Crippen LogP contribution in [0.25, 0.3) is 0 Å². The van der Waals surface area contributed by atoms with Crippen LogP contribution in [0, 0.1) is 0 Å². The van der Waals surface area contributed by atoms with Crippen molar-refractivity contribution in [2.75, 3.05) is 6.61 Å². The fraction of sp³-hybridized carbons (Fsp3) is 0.250. The van der Waals surface area contributed by atoms with Gasteiger partial charge in [0.1, 0.15) is 0 Å². The first-order valence-electron chi connectivity index (χ1n) is 5.21. The van der Waals surface area contributed by atoms with E-state index in [1.54, 1.807) is 30.3 Å². The van der Waals surface area contributed by atoms with E-state index in [9.17, 15) is 19.5 Å². The van der Waals surface area contributed by atoms with Gasteiger partial charge in [-0.2, -0.15) is 0 Å². The van der Waals surface area contributed by atoms with E-state index in [2.05, 4.69) is 4.74 Å². The predicted molar refractivity (Wildman–Crippen MR) is 59.3 cm³/mol. The number of aliphatic carboxylic acids is 1. The minimum absolute atomic E-state index is 0.369. The number of carboxylic acid groups (broad SMARTS) is 1. The van der Waals surface area contributed by atoms with Gasteiger partial charge in [0.15, 0.2) is 12.4 Å². The molecule has 0 aliphatic carbocycles. The first-order valence-corrected chi connectivity index (χ1v) is 5.21. The number of carboxylic acids is 1. The molecule has 0 amide bonds. The smallest absolute Gasteiger partial charge is 0.308 e. The van der Waals surface area contributed by atoms with Gasteiger partial charge in [-0.05, 0) is 0 Å². The quantitative estimate of drug-likeness (QED) is 0.506. The maximum absolute atomic E-state index is 11.5. The molecule has 0 radical (unpaired) electrons. The minimum Gasteiger partial charge on any atom is -0.548 e. The first kappa shape index (κ1) is 13.9. The molecule has 0 saturated heterocycles. The molecule has 1 aromatic rings. The molecule has 96 valence electrons. The van der Waals surface area contributed by atoms with Crippen LogP contribution in [-0.2, 0) is 14.3 Å². The predicted octanol–water partition coefficient (Wildman–Crippen LogP) is -1.12. The Kier molecular flexibility index (Phi) is 5.01. The topological polar surface area (TPSA) is 110 Å². The molecule has 0 aromatic heterocycles. The van der Waals surface area contributed by atoms with Crippen LogP contribution >= 0.6 is 0 Å². The zero-order chi connectivity index (χ0) is 13.5. The molecule has 6 heteroatoms. The van der Waals surface area contributed by atoms with Crippen molar-refractivity contribution in [2.24, 2.45) is 5.73 Å². The Morgan fingerprint density at radius 2 is 1.83 bits per heavy atom. The number of Topliss-reactive ketones (excluding diaryl/α,β-unsaturated/α-hetero) is 1. The average molecular weight is 250 g/mol. The molecule has 0 unspecified atom stereocenters. The Bertz CT molecular complexity index is 443. The third-order valence-electron chi connectivity index (χ3n) is 2.15. The van der Waals surface area contributed by atoms with E-state index in [4.69, 9.17) is 5.73 Å². The lowest BCUT2D eigenvalue weighted by atomic mass is 10.1. The van der Waals surface area contributed by atoms with Gasteiger partial charge in [0, 0.05) is 5.56 Å². The van der Waals surface area contributed by atoms with Crippen LogP contribution in [0.15, 0.2) is 30.3 Å². The normalized spacial score (nSPS) is 11.6. The number of ether oxygens (including phenoxy) is 1. The van der Waals surface area contributed by atoms with Crippen molar-refractivity contribution in [3.8, 4) is 0 Å². The lowest BCUT2D eigenvalue weighted by Gasteiger charge is -2.11. The van der Waals surface area contributed by atoms with Gasteiger partial charge in [-0.25, -0.2) is 0 Å². The molecule has 18 heavy (non-hydrogen) atoms. The van der Waals surface area contributed by atoms with Crippen molar-refractivity contribution >= 4 is 17.7 Å². The molecule has 1 atom stereocenters. The maximum atomic E-state index is 11.5. The van der Waals surface area contributed by atoms with Crippen LogP contribution < -0.4 is 10.8 Å². The third-order valence-corrected chi connectivity index (χ3v) is 2.15. The van der Waals surface area contributed by atoms with Crippen LogP contribution in [0.4, 0.5) is 0 Å². The van der Waals surface area contributed by atoms with Crippen LogP contribution in [0.2, 0.25) is 0 Å². The van der Waals surface area contributed by atoms with E-state index in [-0.39, 0.29) is 5.78 Å². The SMILES string of the molecule is N[C@@H](CC(=O)OCC(=O)c1ccccc1)C(=O)[O-]. The molecule has 0 fully saturated rings. The summed E-state index contributed by atoms with van der Waals surface area (Å²) in [5.74, 6) is -2.76. The van der Waals surface area contributed by atoms with E-state index < -0.39 is 31.0 Å². The van der Waals surface area contributed by atoms with E-state index in [0.29, 0.717) is 5.56 Å². The van der Waals surface area contributed by atoms with Crippen LogP contribution in [0.1, 0.15) is 16.8 Å². The van der Waals surface area contributed by atoms with E-state index in [0.717, 1.165) is 0 Å². The van der Waals surface area contributed by atoms with Gasteiger partial charge in [-0.1, -0.05) is 30.3 Å². The minimum atomic E-state index is -1.54. The number of carbonyl (C=O) groups excluding carboxylic acids is 3. The Morgan fingerprint density at radius 1 is 1.22 bits per heavy atom. The van der Waals surface area contributed by atoms with Crippen molar-refractivity contribution in [3.05, 3.63) is 35.9 Å². The average Bonchev–Trinajstić information content (AvgIpc) is 2.36. The van der Waals surface area contributed by atoms with Gasteiger partial charge < -0.3 is 20.4 Å². The van der Waals surface area contributed by atoms with Crippen molar-refractivity contribution in [2.45, 2.75) is 12.5 Å². The Balaban J connectivity index is 2.40. The number of benzene rings is 1. The Morgan fingerprint density at radius 3 is 2.39 bits per heavy atom. The summed E-state index contributed by atoms with van der Waals surface area (Å²) in [5, 5.41) is 10.3. The van der Waals surface area contributed by atoms with Gasteiger partial charge >= 0.3 is 5.97 Å². The lowest BCUT2D eigenvalue weighted by Crippen LogP contribution is -2.43. The summed E-state index contributed by atoms with van der Waals surface area (Å²) < 4.78 is 4.62. The number of carbonyl (C=O) groups is 3. The number of rotatable bonds is 6. The third kappa shape index (κ3) is 4.34. The largest absolute Gasteiger partial charge is 0.548 e. The highest BCUT2D eigenvalue weighted by atomic mass is 16.5. The molecule has 0 spiro atoms. The second-order valence-electron chi connectivity index (χ2n) is 3.58. The molecule has 2 N–H and O–H groups in total. The second-order valence-corrected chi connectivity index (χ2v) is 3.58. The van der Waals surface area contributed by atoms with E-state index in [1.807, 2.05) is 0 Å². The molecule has 1 aromatic carbocycles. The molecule has 1 rings (SSSR count). The van der Waals surface area contributed by atoms with Gasteiger partial charge in [-0.3, -0.25) is 9.59 Å². The molecule has 0 heterocycles. The summed E-state index contributed by atoms with van der Waals surface area (Å²) in [7, 11) is 0. The Labute approximate surface area is 103 Å². The second kappa shape index (κ2) is 6.51. The molecule has 0 aliphatic rings. The van der Waals surface area contributed by atoms with Gasteiger partial charge in [0.05, 0.1) is 18.4 Å². The number of hydrogen-bond acceptors (Lipinski definition) is 6. The summed E-state index contributed by atoms with van der Waals surface area (Å²) in [6.45, 7) is -0.442. The van der Waals surface area contributed by atoms with Crippen LogP contribution in [-0.4, -0.2) is 30.4 Å². The summed E-state index contributed by atoms with van der Waals surface area (Å²) in [5.41, 5.74) is 5.50. The molecular formula is C12H12NO5-. The highest BCUT2D eigenvalue weighted by Gasteiger charge is 2.13. The highest BCUT2D eigenvalue weighted by molar-refractivity contribution is 5.98. The summed E-state index contributed by atoms with van der Waals surface area (Å²) in [6, 6.07) is 6.86. The fourth-order valence-corrected chi connectivity index (χ4v) is 1.18. The fourth-order valence-electron chi connectivity index (χ4n) is 1.18. The van der Waals surface area contributed by atoms with Crippen LogP contribution in [0.5, 0.6) is 0 Å². The summed E-state index contributed by atoms with van der Waals surface area (Å²) in [6.07, 6.45) is -0.523. The van der Waals surface area contributed by atoms with Crippen molar-refractivity contribution in [1.29, 1.82) is 0 Å². The lowest BCUT2D eigenvalue weighted by molar-refractivity contribution is -0.307. The zero-order valence-corrected chi connectivity index (χ0v) is 9.50.